The van der Waals surface area contributed by atoms with Gasteiger partial charge in [0.1, 0.15) is 0 Å². The quantitative estimate of drug-likeness (QED) is 0.343. The minimum atomic E-state index is -4.03. The Morgan fingerprint density at radius 2 is 2.06 bits per heavy atom. The summed E-state index contributed by atoms with van der Waals surface area (Å²) in [5, 5.41) is 0.871. The molecule has 0 aliphatic rings. The minimum Gasteiger partial charge on any atom is -0.302 e. The molecule has 9 heteroatoms. The maximum Gasteiger partial charge on any atom is 0.483 e. The molecular weight excluding hydrogens is 409 g/mol. The smallest absolute Gasteiger partial charge is 0.302 e. The Labute approximate surface area is 121 Å². The zero-order valence-electron chi connectivity index (χ0n) is 7.82. The van der Waals surface area contributed by atoms with Gasteiger partial charge in [-0.2, -0.15) is 0 Å². The normalized spacial score (nSPS) is 14.8. The predicted octanol–water partition coefficient (Wildman–Crippen LogP) is 4.37. The Morgan fingerprint density at radius 3 is 2.62 bits per heavy atom. The van der Waals surface area contributed by atoms with E-state index in [0.29, 0.717) is 27.0 Å². The van der Waals surface area contributed by atoms with Gasteiger partial charge in [0.25, 0.3) is 0 Å². The van der Waals surface area contributed by atoms with Crippen LogP contribution in [0.15, 0.2) is 17.0 Å². The number of benzene rings is 1. The maximum atomic E-state index is 11.0. The van der Waals surface area contributed by atoms with Crippen LogP contribution >= 0.6 is 65.7 Å². The molecule has 1 N–H and O–H groups in total. The summed E-state index contributed by atoms with van der Waals surface area (Å²) in [4.78, 5) is 9.45. The van der Waals surface area contributed by atoms with Crippen molar-refractivity contribution in [1.82, 2.24) is 0 Å². The van der Waals surface area contributed by atoms with Gasteiger partial charge in [-0.1, -0.05) is 23.2 Å². The third-order valence-electron chi connectivity index (χ3n) is 1.43. The summed E-state index contributed by atoms with van der Waals surface area (Å²) in [7, 11) is -2.95. The number of rotatable bonds is 4. The van der Waals surface area contributed by atoms with E-state index >= 15 is 0 Å². The first-order valence-electron chi connectivity index (χ1n) is 3.75. The van der Waals surface area contributed by atoms with Gasteiger partial charge in [-0.3, -0.25) is 4.52 Å². The third-order valence-corrected chi connectivity index (χ3v) is 5.41. The van der Waals surface area contributed by atoms with E-state index in [-0.39, 0.29) is 0 Å². The van der Waals surface area contributed by atoms with Crippen molar-refractivity contribution in [3.63, 3.8) is 0 Å². The van der Waals surface area contributed by atoms with Crippen molar-refractivity contribution in [3.8, 4) is 0 Å². The highest BCUT2D eigenvalue weighted by Crippen LogP contribution is 2.49. The topological polar surface area (TPSA) is 55.8 Å². The molecule has 0 radical (unpaired) electrons. The molecule has 0 aliphatic carbocycles. The molecule has 0 saturated carbocycles. The summed E-state index contributed by atoms with van der Waals surface area (Å²) in [5.41, 5.74) is 0. The van der Waals surface area contributed by atoms with Gasteiger partial charge in [0.2, 0.25) is 0 Å². The van der Waals surface area contributed by atoms with Crippen molar-refractivity contribution in [2.24, 2.45) is 0 Å². The monoisotopic (exact) mass is 414 g/mol. The van der Waals surface area contributed by atoms with Crippen LogP contribution in [0, 0.1) is 3.57 Å². The molecule has 0 saturated heterocycles. The molecule has 0 bridgehead atoms. The van der Waals surface area contributed by atoms with Crippen molar-refractivity contribution in [1.29, 1.82) is 0 Å². The van der Waals surface area contributed by atoms with Crippen LogP contribution in [0.5, 0.6) is 0 Å². The lowest BCUT2D eigenvalue weighted by atomic mass is 10.4. The van der Waals surface area contributed by atoms with E-state index in [0.717, 1.165) is 10.7 Å². The predicted molar refractivity (Wildman–Crippen MR) is 73.0 cm³/mol. The largest absolute Gasteiger partial charge is 0.483 e. The van der Waals surface area contributed by atoms with Gasteiger partial charge in [0, 0.05) is 22.7 Å². The SMILES string of the molecule is COP(=O)(O)OSc1cc(Cl)c(I)cc1Cl. The van der Waals surface area contributed by atoms with Crippen LogP contribution in [0.25, 0.3) is 0 Å². The van der Waals surface area contributed by atoms with E-state index < -0.39 is 7.82 Å². The fraction of sp³-hybridized carbons (Fsp3) is 0.143. The van der Waals surface area contributed by atoms with Gasteiger partial charge >= 0.3 is 7.82 Å². The number of phosphoric acid groups is 1. The fourth-order valence-corrected chi connectivity index (χ4v) is 3.07. The van der Waals surface area contributed by atoms with Crippen molar-refractivity contribution in [2.45, 2.75) is 4.90 Å². The zero-order valence-corrected chi connectivity index (χ0v) is 13.2. The van der Waals surface area contributed by atoms with E-state index in [1.165, 1.54) is 0 Å². The Bertz CT molecular complexity index is 445. The number of hydrogen-bond donors (Lipinski definition) is 1. The molecule has 1 aromatic rings. The first-order chi connectivity index (χ1) is 7.35. The number of halogens is 3. The molecule has 0 aromatic heterocycles. The number of phosphoric ester groups is 1. The van der Waals surface area contributed by atoms with Crippen LogP contribution in [0.2, 0.25) is 10.0 Å². The van der Waals surface area contributed by atoms with E-state index in [1.807, 2.05) is 22.6 Å². The Morgan fingerprint density at radius 1 is 1.44 bits per heavy atom. The average molecular weight is 415 g/mol. The second-order valence-electron chi connectivity index (χ2n) is 2.51. The van der Waals surface area contributed by atoms with E-state index in [9.17, 15) is 4.57 Å². The van der Waals surface area contributed by atoms with Gasteiger partial charge in [-0.25, -0.2) is 8.54 Å². The van der Waals surface area contributed by atoms with Gasteiger partial charge in [0.05, 0.1) is 14.9 Å². The summed E-state index contributed by atoms with van der Waals surface area (Å²) in [6.07, 6.45) is 0. The molecule has 1 rings (SSSR count). The highest BCUT2D eigenvalue weighted by atomic mass is 127. The second-order valence-corrected chi connectivity index (χ2v) is 6.99. The summed E-state index contributed by atoms with van der Waals surface area (Å²) in [6.45, 7) is 0. The molecule has 16 heavy (non-hydrogen) atoms. The first kappa shape index (κ1) is 15.0. The Hall–Kier alpha value is 0.990. The molecule has 1 aromatic carbocycles. The average Bonchev–Trinajstić information content (AvgIpc) is 2.22. The lowest BCUT2D eigenvalue weighted by molar-refractivity contribution is 0.254. The lowest BCUT2D eigenvalue weighted by Crippen LogP contribution is -1.85. The molecule has 1 atom stereocenters. The Balaban J connectivity index is 2.83. The molecule has 0 fully saturated rings. The summed E-state index contributed by atoms with van der Waals surface area (Å²) in [6, 6.07) is 3.18. The van der Waals surface area contributed by atoms with Gasteiger partial charge in [0.15, 0.2) is 0 Å². The van der Waals surface area contributed by atoms with Crippen molar-refractivity contribution < 1.29 is 18.0 Å². The summed E-state index contributed by atoms with van der Waals surface area (Å²) < 4.78 is 20.7. The summed E-state index contributed by atoms with van der Waals surface area (Å²) >= 11 is 14.4. The second kappa shape index (κ2) is 6.24. The molecule has 0 spiro atoms. The van der Waals surface area contributed by atoms with E-state index in [1.54, 1.807) is 12.1 Å². The van der Waals surface area contributed by atoms with Crippen molar-refractivity contribution in [3.05, 3.63) is 25.7 Å². The van der Waals surface area contributed by atoms with Crippen molar-refractivity contribution >= 4 is 65.7 Å². The van der Waals surface area contributed by atoms with Gasteiger partial charge < -0.3 is 4.89 Å². The third kappa shape index (κ3) is 4.34. The van der Waals surface area contributed by atoms with Crippen LogP contribution in [0.4, 0.5) is 0 Å². The highest BCUT2D eigenvalue weighted by molar-refractivity contribution is 14.1. The van der Waals surface area contributed by atoms with Gasteiger partial charge in [-0.05, 0) is 34.7 Å². The van der Waals surface area contributed by atoms with Crippen LogP contribution in [-0.4, -0.2) is 12.0 Å². The van der Waals surface area contributed by atoms with Crippen LogP contribution in [-0.2, 0) is 13.1 Å². The van der Waals surface area contributed by atoms with E-state index in [4.69, 9.17) is 28.1 Å². The lowest BCUT2D eigenvalue weighted by Gasteiger charge is -2.09. The molecule has 0 heterocycles. The number of hydrogen-bond acceptors (Lipinski definition) is 4. The zero-order chi connectivity index (χ0) is 12.3. The highest BCUT2D eigenvalue weighted by Gasteiger charge is 2.20. The Kier molecular flexibility index (Phi) is 5.87. The van der Waals surface area contributed by atoms with Gasteiger partial charge in [-0.15, -0.1) is 0 Å². The van der Waals surface area contributed by atoms with Crippen molar-refractivity contribution in [2.75, 3.05) is 7.11 Å². The molecule has 4 nitrogen and oxygen atoms in total. The maximum absolute atomic E-state index is 11.0. The van der Waals surface area contributed by atoms with Crippen LogP contribution in [0.1, 0.15) is 0 Å². The molecule has 0 amide bonds. The molecule has 0 aliphatic heterocycles. The standard InChI is InChI=1S/C7H6Cl2IO4PS/c1-13-15(11,12)14-16-7-3-4(8)6(10)2-5(7)9/h2-3H,1H3,(H,11,12). The molecule has 90 valence electrons. The fourth-order valence-electron chi connectivity index (χ4n) is 0.686. The molecular formula is C7H6Cl2IO4PS. The van der Waals surface area contributed by atoms with Crippen LogP contribution in [0.3, 0.4) is 0 Å². The van der Waals surface area contributed by atoms with E-state index in [2.05, 4.69) is 8.49 Å². The minimum absolute atomic E-state index is 0.384. The molecule has 1 unspecified atom stereocenters. The summed E-state index contributed by atoms with van der Waals surface area (Å²) in [5.74, 6) is 0. The first-order valence-corrected chi connectivity index (χ1v) is 7.82. The van der Waals surface area contributed by atoms with Crippen LogP contribution < -0.4 is 0 Å².